The number of fused-ring (bicyclic) bond motifs is 5. The first-order valence-electron chi connectivity index (χ1n) is 6.09. The van der Waals surface area contributed by atoms with Crippen LogP contribution < -0.4 is 0 Å². The average Bonchev–Trinajstić information content (AvgIpc) is 2.74. The van der Waals surface area contributed by atoms with Gasteiger partial charge in [-0.05, 0) is 56.8 Å². The van der Waals surface area contributed by atoms with Gasteiger partial charge < -0.3 is 4.74 Å². The van der Waals surface area contributed by atoms with Crippen molar-refractivity contribution in [3.05, 3.63) is 12.2 Å². The number of hydrogen-bond donors (Lipinski definition) is 0. The van der Waals surface area contributed by atoms with Crippen LogP contribution in [0.3, 0.4) is 0 Å². The van der Waals surface area contributed by atoms with Crippen LogP contribution in [0.2, 0.25) is 0 Å². The first-order chi connectivity index (χ1) is 6.75. The highest BCUT2D eigenvalue weighted by molar-refractivity contribution is 5.17. The lowest BCUT2D eigenvalue weighted by atomic mass is 9.80. The molecule has 1 heteroatoms. The monoisotopic (exact) mass is 192 g/mol. The van der Waals surface area contributed by atoms with Gasteiger partial charge in [-0.1, -0.05) is 12.2 Å². The zero-order valence-corrected chi connectivity index (χ0v) is 9.15. The Morgan fingerprint density at radius 3 is 2.71 bits per heavy atom. The van der Waals surface area contributed by atoms with Crippen LogP contribution in [0.25, 0.3) is 0 Å². The van der Waals surface area contributed by atoms with E-state index in [1.54, 1.807) is 0 Å². The molecule has 14 heavy (non-hydrogen) atoms. The topological polar surface area (TPSA) is 9.23 Å². The molecule has 0 aromatic heterocycles. The second kappa shape index (κ2) is 3.10. The van der Waals surface area contributed by atoms with Crippen molar-refractivity contribution in [3.63, 3.8) is 0 Å². The molecule has 0 heterocycles. The predicted molar refractivity (Wildman–Crippen MR) is 57.0 cm³/mol. The maximum absolute atomic E-state index is 5.99. The third-order valence-electron chi connectivity index (χ3n) is 4.38. The number of rotatable bonds is 2. The Hall–Kier alpha value is -0.300. The zero-order chi connectivity index (χ0) is 9.71. The van der Waals surface area contributed by atoms with E-state index < -0.39 is 0 Å². The Morgan fingerprint density at radius 1 is 1.14 bits per heavy atom. The minimum Gasteiger partial charge on any atom is -0.371 e. The maximum Gasteiger partial charge on any atom is 0.0795 e. The summed E-state index contributed by atoms with van der Waals surface area (Å²) >= 11 is 0. The fourth-order valence-electron chi connectivity index (χ4n) is 3.97. The molecule has 0 saturated heterocycles. The molecule has 2 bridgehead atoms. The molecule has 0 amide bonds. The van der Waals surface area contributed by atoms with E-state index in [1.165, 1.54) is 19.3 Å². The Kier molecular flexibility index (Phi) is 1.98. The highest BCUT2D eigenvalue weighted by Crippen LogP contribution is 2.56. The molecule has 3 aliphatic rings. The molecule has 3 aliphatic carbocycles. The predicted octanol–water partition coefficient (Wildman–Crippen LogP) is 3.01. The van der Waals surface area contributed by atoms with Crippen molar-refractivity contribution in [1.82, 2.24) is 0 Å². The van der Waals surface area contributed by atoms with Gasteiger partial charge in [0.25, 0.3) is 0 Å². The smallest absolute Gasteiger partial charge is 0.0795 e. The Balaban J connectivity index is 1.76. The zero-order valence-electron chi connectivity index (χ0n) is 9.15. The Labute approximate surface area is 86.5 Å². The van der Waals surface area contributed by atoms with E-state index in [-0.39, 0.29) is 0 Å². The molecule has 0 aromatic rings. The van der Waals surface area contributed by atoms with E-state index in [4.69, 9.17) is 4.74 Å². The molecule has 5 atom stereocenters. The summed E-state index contributed by atoms with van der Waals surface area (Å²) < 4.78 is 5.99. The lowest BCUT2D eigenvalue weighted by Crippen LogP contribution is -2.30. The normalized spacial score (nSPS) is 49.2. The minimum absolute atomic E-state index is 0.377. The maximum atomic E-state index is 5.99. The van der Waals surface area contributed by atoms with Gasteiger partial charge in [-0.3, -0.25) is 0 Å². The van der Waals surface area contributed by atoms with Crippen molar-refractivity contribution in [3.8, 4) is 0 Å². The first-order valence-corrected chi connectivity index (χ1v) is 6.09. The summed E-state index contributed by atoms with van der Waals surface area (Å²) in [6.45, 7) is 4.29. The van der Waals surface area contributed by atoms with Gasteiger partial charge in [0.2, 0.25) is 0 Å². The van der Waals surface area contributed by atoms with Crippen molar-refractivity contribution in [2.45, 2.75) is 45.3 Å². The van der Waals surface area contributed by atoms with E-state index in [9.17, 15) is 0 Å². The van der Waals surface area contributed by atoms with E-state index in [1.807, 2.05) is 0 Å². The fraction of sp³-hybridized carbons (Fsp3) is 0.846. The highest BCUT2D eigenvalue weighted by Gasteiger charge is 2.51. The van der Waals surface area contributed by atoms with Crippen LogP contribution in [0, 0.1) is 23.7 Å². The van der Waals surface area contributed by atoms with Crippen molar-refractivity contribution in [2.24, 2.45) is 23.7 Å². The Bertz CT molecular complexity index is 256. The van der Waals surface area contributed by atoms with Gasteiger partial charge in [0, 0.05) is 0 Å². The molecular weight excluding hydrogens is 172 g/mol. The quantitative estimate of drug-likeness (QED) is 0.611. The largest absolute Gasteiger partial charge is 0.371 e. The molecule has 3 rings (SSSR count). The van der Waals surface area contributed by atoms with Crippen LogP contribution in [-0.4, -0.2) is 12.2 Å². The van der Waals surface area contributed by atoms with Crippen LogP contribution in [0.4, 0.5) is 0 Å². The van der Waals surface area contributed by atoms with E-state index in [0.717, 1.165) is 23.7 Å². The van der Waals surface area contributed by atoms with Gasteiger partial charge in [-0.2, -0.15) is 0 Å². The second-order valence-corrected chi connectivity index (χ2v) is 5.52. The second-order valence-electron chi connectivity index (χ2n) is 5.52. The summed E-state index contributed by atoms with van der Waals surface area (Å²) in [4.78, 5) is 0. The first kappa shape index (κ1) is 8.96. The molecule has 1 nitrogen and oxygen atoms in total. The van der Waals surface area contributed by atoms with Crippen LogP contribution in [0.15, 0.2) is 12.2 Å². The standard InChI is InChI=1S/C13H20O/c1-8(2)14-12-6-5-11-9-3-4-10(7-9)13(11)12/h5-6,8-13H,3-4,7H2,1-2H3/t9-,10+,11?,12+,13?/m0/s1. The van der Waals surface area contributed by atoms with Crippen LogP contribution in [0.5, 0.6) is 0 Å². The van der Waals surface area contributed by atoms with Gasteiger partial charge in [-0.25, -0.2) is 0 Å². The van der Waals surface area contributed by atoms with E-state index in [2.05, 4.69) is 26.0 Å². The molecular formula is C13H20O. The summed E-state index contributed by atoms with van der Waals surface area (Å²) in [5.74, 6) is 3.69. The van der Waals surface area contributed by atoms with Crippen molar-refractivity contribution >= 4 is 0 Å². The number of hydrogen-bond acceptors (Lipinski definition) is 1. The van der Waals surface area contributed by atoms with Crippen LogP contribution in [0.1, 0.15) is 33.1 Å². The van der Waals surface area contributed by atoms with Crippen LogP contribution in [-0.2, 0) is 4.74 Å². The molecule has 0 aromatic carbocycles. The molecule has 0 spiro atoms. The summed E-state index contributed by atoms with van der Waals surface area (Å²) in [6, 6.07) is 0. The van der Waals surface area contributed by atoms with Gasteiger partial charge in [0.1, 0.15) is 0 Å². The molecule has 2 unspecified atom stereocenters. The summed E-state index contributed by atoms with van der Waals surface area (Å²) in [5, 5.41) is 0. The lowest BCUT2D eigenvalue weighted by molar-refractivity contribution is -0.0135. The van der Waals surface area contributed by atoms with Gasteiger partial charge >= 0.3 is 0 Å². The summed E-state index contributed by atoms with van der Waals surface area (Å²) in [7, 11) is 0. The van der Waals surface area contributed by atoms with Crippen LogP contribution >= 0.6 is 0 Å². The third-order valence-corrected chi connectivity index (χ3v) is 4.38. The SMILES string of the molecule is CC(C)O[C@@H]1C=CC2C1[C@@H]1CC[C@H]2C1. The summed E-state index contributed by atoms with van der Waals surface area (Å²) in [6.07, 6.45) is 10.0. The molecule has 2 fully saturated rings. The van der Waals surface area contributed by atoms with E-state index in [0.29, 0.717) is 12.2 Å². The molecule has 0 aliphatic heterocycles. The molecule has 0 N–H and O–H groups in total. The molecule has 0 radical (unpaired) electrons. The van der Waals surface area contributed by atoms with Gasteiger partial charge in [0.15, 0.2) is 0 Å². The van der Waals surface area contributed by atoms with E-state index >= 15 is 0 Å². The minimum atomic E-state index is 0.377. The average molecular weight is 192 g/mol. The van der Waals surface area contributed by atoms with Crippen molar-refractivity contribution in [1.29, 1.82) is 0 Å². The Morgan fingerprint density at radius 2 is 1.93 bits per heavy atom. The number of ether oxygens (including phenoxy) is 1. The lowest BCUT2D eigenvalue weighted by Gasteiger charge is -2.30. The molecule has 78 valence electrons. The summed E-state index contributed by atoms with van der Waals surface area (Å²) in [5.41, 5.74) is 0. The molecule has 2 saturated carbocycles. The van der Waals surface area contributed by atoms with Crippen molar-refractivity contribution in [2.75, 3.05) is 0 Å². The fourth-order valence-corrected chi connectivity index (χ4v) is 3.97. The number of allylic oxidation sites excluding steroid dienone is 1. The highest BCUT2D eigenvalue weighted by atomic mass is 16.5. The van der Waals surface area contributed by atoms with Gasteiger partial charge in [0.05, 0.1) is 12.2 Å². The van der Waals surface area contributed by atoms with Crippen molar-refractivity contribution < 1.29 is 4.74 Å². The third kappa shape index (κ3) is 1.18. The van der Waals surface area contributed by atoms with Gasteiger partial charge in [-0.15, -0.1) is 0 Å².